The Balaban J connectivity index is 2.01. The number of nitrogens with two attached hydrogens (primary N) is 2. The van der Waals surface area contributed by atoms with Crippen LogP contribution in [0, 0.1) is 0 Å². The zero-order valence-corrected chi connectivity index (χ0v) is 18.1. The molecule has 2 rings (SSSR count). The van der Waals surface area contributed by atoms with Crippen molar-refractivity contribution in [3.8, 4) is 0 Å². The third kappa shape index (κ3) is 8.39. The first kappa shape index (κ1) is 23.7. The van der Waals surface area contributed by atoms with E-state index in [1.54, 1.807) is 24.5 Å². The number of aliphatic hydroxyl groups is 1. The monoisotopic (exact) mass is 462 g/mol. The molecular weight excluding hydrogens is 439 g/mol. The van der Waals surface area contributed by atoms with Crippen molar-refractivity contribution in [2.45, 2.75) is 23.4 Å². The average Bonchev–Trinajstić information content (AvgIpc) is 3.10. The molecule has 0 aliphatic heterocycles. The molecule has 12 heteroatoms. The Labute approximate surface area is 183 Å². The first-order chi connectivity index (χ1) is 13.9. The molecule has 29 heavy (non-hydrogen) atoms. The molecule has 0 amide bonds. The highest BCUT2D eigenvalue weighted by Crippen LogP contribution is 2.28. The molecule has 0 spiro atoms. The van der Waals surface area contributed by atoms with Crippen molar-refractivity contribution in [1.29, 1.82) is 0 Å². The highest BCUT2D eigenvalue weighted by atomic mass is 35.5. The molecule has 2 aromatic heterocycles. The zero-order valence-electron chi connectivity index (χ0n) is 15.8. The summed E-state index contributed by atoms with van der Waals surface area (Å²) in [4.78, 5) is 4.80. The smallest absolute Gasteiger partial charge is 0.151 e. The summed E-state index contributed by atoms with van der Waals surface area (Å²) in [6.07, 6.45) is 5.26. The Morgan fingerprint density at radius 1 is 1.41 bits per heavy atom. The van der Waals surface area contributed by atoms with Gasteiger partial charge in [-0.1, -0.05) is 35.0 Å². The number of aromatic nitrogens is 3. The van der Waals surface area contributed by atoms with Crippen LogP contribution in [0.1, 0.15) is 6.92 Å². The molecule has 0 aliphatic rings. The van der Waals surface area contributed by atoms with E-state index >= 15 is 0 Å². The van der Waals surface area contributed by atoms with Gasteiger partial charge in [0.15, 0.2) is 5.15 Å². The minimum atomic E-state index is -0.948. The van der Waals surface area contributed by atoms with Gasteiger partial charge in [0.25, 0.3) is 0 Å². The van der Waals surface area contributed by atoms with Gasteiger partial charge in [0, 0.05) is 30.1 Å². The summed E-state index contributed by atoms with van der Waals surface area (Å²) < 4.78 is 12.5. The zero-order chi connectivity index (χ0) is 21.2. The lowest BCUT2D eigenvalue weighted by molar-refractivity contribution is -0.0192. The minimum absolute atomic E-state index is 0.0516. The average molecular weight is 463 g/mol. The van der Waals surface area contributed by atoms with Crippen LogP contribution in [0.4, 0.5) is 0 Å². The quantitative estimate of drug-likeness (QED) is 0.143. The van der Waals surface area contributed by atoms with E-state index in [-0.39, 0.29) is 12.4 Å². The molecule has 0 saturated carbocycles. The minimum Gasteiger partial charge on any atom is -0.388 e. The summed E-state index contributed by atoms with van der Waals surface area (Å²) >= 11 is 13.1. The molecule has 0 radical (unpaired) electrons. The van der Waals surface area contributed by atoms with Gasteiger partial charge in [-0.25, -0.2) is 10.5 Å². The number of hydrogen-bond donors (Lipinski definition) is 3. The van der Waals surface area contributed by atoms with Crippen LogP contribution in [0.25, 0.3) is 5.82 Å². The van der Waals surface area contributed by atoms with Crippen molar-refractivity contribution in [3.63, 3.8) is 0 Å². The first-order valence-electron chi connectivity index (χ1n) is 8.73. The van der Waals surface area contributed by atoms with Gasteiger partial charge in [0.05, 0.1) is 31.0 Å². The van der Waals surface area contributed by atoms with Gasteiger partial charge < -0.3 is 25.3 Å². The Bertz CT molecular complexity index is 794. The molecule has 2 atom stereocenters. The van der Waals surface area contributed by atoms with Crippen LogP contribution in [0.3, 0.4) is 0 Å². The van der Waals surface area contributed by atoms with Gasteiger partial charge in [-0.3, -0.25) is 4.98 Å². The van der Waals surface area contributed by atoms with Crippen LogP contribution >= 0.6 is 35.0 Å². The van der Waals surface area contributed by atoms with Gasteiger partial charge >= 0.3 is 0 Å². The molecule has 1 unspecified atom stereocenters. The molecule has 0 aromatic carbocycles. The molecule has 0 saturated heterocycles. The summed E-state index contributed by atoms with van der Waals surface area (Å²) in [7, 11) is 0. The predicted octanol–water partition coefficient (Wildman–Crippen LogP) is 2.01. The summed E-state index contributed by atoms with van der Waals surface area (Å²) in [5.41, 5.74) is 5.31. The fourth-order valence-electron chi connectivity index (χ4n) is 2.21. The van der Waals surface area contributed by atoms with Crippen LogP contribution in [-0.2, 0) is 9.47 Å². The normalized spacial score (nSPS) is 14.0. The van der Waals surface area contributed by atoms with Crippen molar-refractivity contribution in [1.82, 2.24) is 19.8 Å². The molecule has 0 fully saturated rings. The van der Waals surface area contributed by atoms with Gasteiger partial charge in [-0.2, -0.15) is 5.10 Å². The van der Waals surface area contributed by atoms with Crippen LogP contribution < -0.4 is 11.6 Å². The number of thioether (sulfide) groups is 1. The van der Waals surface area contributed by atoms with E-state index in [4.69, 9.17) is 44.3 Å². The fourth-order valence-corrected chi connectivity index (χ4v) is 3.58. The van der Waals surface area contributed by atoms with E-state index in [1.165, 1.54) is 33.8 Å². The summed E-state index contributed by atoms with van der Waals surface area (Å²) in [6, 6.07) is 3.33. The van der Waals surface area contributed by atoms with E-state index in [0.29, 0.717) is 30.0 Å². The van der Waals surface area contributed by atoms with E-state index in [1.807, 2.05) is 6.92 Å². The van der Waals surface area contributed by atoms with Crippen molar-refractivity contribution in [2.75, 3.05) is 26.4 Å². The largest absolute Gasteiger partial charge is 0.388 e. The number of aliphatic hydroxyl groups excluding tert-OH is 1. The summed E-state index contributed by atoms with van der Waals surface area (Å²) in [5.74, 6) is 6.21. The maximum Gasteiger partial charge on any atom is 0.151 e. The SMILES string of the molecule is CCOCCOC(Sc1cncc(Cl)c1)[C@@H](O)CN(N)/C=C(\N)n1ccc(Cl)n1. The van der Waals surface area contributed by atoms with Crippen LogP contribution in [0.2, 0.25) is 10.2 Å². The number of rotatable bonds is 12. The maximum absolute atomic E-state index is 10.7. The second-order valence-electron chi connectivity index (χ2n) is 5.79. The summed E-state index contributed by atoms with van der Waals surface area (Å²) in [6.45, 7) is 3.25. The number of nitrogens with zero attached hydrogens (tertiary/aromatic N) is 4. The standard InChI is InChI=1S/C17H24Cl2N6O3S/c1-2-27-5-6-28-17(29-13-7-12(18)8-22-9-13)14(26)10-24(21)11-16(20)25-4-3-15(19)23-25/h3-4,7-9,11,14,17,26H,2,5-6,10,20-21H2,1H3/b16-11+/t14-,17?/m0/s1. The molecule has 5 N–H and O–H groups in total. The van der Waals surface area contributed by atoms with E-state index < -0.39 is 11.5 Å². The number of pyridine rings is 1. The van der Waals surface area contributed by atoms with E-state index in [9.17, 15) is 5.11 Å². The molecule has 9 nitrogen and oxygen atoms in total. The second-order valence-corrected chi connectivity index (χ2v) is 7.79. The highest BCUT2D eigenvalue weighted by Gasteiger charge is 2.23. The van der Waals surface area contributed by atoms with Crippen molar-refractivity contribution in [3.05, 3.63) is 47.1 Å². The van der Waals surface area contributed by atoms with Crippen molar-refractivity contribution < 1.29 is 14.6 Å². The molecule has 2 heterocycles. The van der Waals surface area contributed by atoms with E-state index in [2.05, 4.69) is 10.1 Å². The molecule has 0 aliphatic carbocycles. The number of ether oxygens (including phenoxy) is 2. The number of hydrazine groups is 1. The lowest BCUT2D eigenvalue weighted by Gasteiger charge is -2.26. The van der Waals surface area contributed by atoms with Crippen molar-refractivity contribution in [2.24, 2.45) is 11.6 Å². The third-order valence-electron chi connectivity index (χ3n) is 3.48. The molecule has 160 valence electrons. The molecular formula is C17H24Cl2N6O3S. The van der Waals surface area contributed by atoms with Gasteiger partial charge in [0.1, 0.15) is 17.4 Å². The molecule has 0 bridgehead atoms. The predicted molar refractivity (Wildman–Crippen MR) is 114 cm³/mol. The van der Waals surface area contributed by atoms with Crippen molar-refractivity contribution >= 4 is 40.8 Å². The first-order valence-corrected chi connectivity index (χ1v) is 10.4. The number of halogens is 2. The van der Waals surface area contributed by atoms with Gasteiger partial charge in [0.2, 0.25) is 0 Å². The summed E-state index contributed by atoms with van der Waals surface area (Å²) in [5, 5.41) is 16.7. The van der Waals surface area contributed by atoms with Crippen LogP contribution in [-0.4, -0.2) is 62.8 Å². The molecule has 2 aromatic rings. The lowest BCUT2D eigenvalue weighted by Crippen LogP contribution is -2.40. The topological polar surface area (TPSA) is 125 Å². The Hall–Kier alpha value is -1.53. The van der Waals surface area contributed by atoms with Gasteiger partial charge in [-0.05, 0) is 19.1 Å². The second kappa shape index (κ2) is 12.2. The van der Waals surface area contributed by atoms with Crippen LogP contribution in [0.5, 0.6) is 0 Å². The van der Waals surface area contributed by atoms with Crippen LogP contribution in [0.15, 0.2) is 41.8 Å². The maximum atomic E-state index is 10.7. The lowest BCUT2D eigenvalue weighted by atomic mass is 10.3. The fraction of sp³-hybridized carbons (Fsp3) is 0.412. The Kier molecular flexibility index (Phi) is 10.0. The Morgan fingerprint density at radius 2 is 2.21 bits per heavy atom. The van der Waals surface area contributed by atoms with Gasteiger partial charge in [-0.15, -0.1) is 0 Å². The number of hydrogen-bond acceptors (Lipinski definition) is 9. The Morgan fingerprint density at radius 3 is 2.86 bits per heavy atom. The third-order valence-corrected chi connectivity index (χ3v) is 5.06. The van der Waals surface area contributed by atoms with E-state index in [0.717, 1.165) is 4.90 Å². The highest BCUT2D eigenvalue weighted by molar-refractivity contribution is 7.99.